The third kappa shape index (κ3) is 3.61. The van der Waals surface area contributed by atoms with Crippen LogP contribution in [0.3, 0.4) is 0 Å². The summed E-state index contributed by atoms with van der Waals surface area (Å²) in [7, 11) is 0. The van der Waals surface area contributed by atoms with Crippen LogP contribution in [0.1, 0.15) is 36.0 Å². The molecule has 0 saturated carbocycles. The predicted octanol–water partition coefficient (Wildman–Crippen LogP) is 2.82. The van der Waals surface area contributed by atoms with E-state index in [1.807, 2.05) is 39.0 Å². The molecule has 1 heterocycles. The first kappa shape index (κ1) is 16.8. The highest BCUT2D eigenvalue weighted by atomic mass is 19.4. The van der Waals surface area contributed by atoms with Crippen molar-refractivity contribution in [1.29, 1.82) is 0 Å². The molecule has 3 unspecified atom stereocenters. The van der Waals surface area contributed by atoms with Gasteiger partial charge in [0.2, 0.25) is 0 Å². The standard InChI is InChI=1S/C16H21F3N2O/c1-9-5-4-6-13(10(9)2)14-7-12(8-20-11(14)3)21-15(22)16(17,18)19/h4-6,11-12,14,20H,7-8H2,1-3H3,(H,21,22). The van der Waals surface area contributed by atoms with Gasteiger partial charge in [0, 0.05) is 24.5 Å². The zero-order valence-corrected chi connectivity index (χ0v) is 12.9. The van der Waals surface area contributed by atoms with Gasteiger partial charge >= 0.3 is 12.1 Å². The second-order valence-corrected chi connectivity index (χ2v) is 6.00. The number of amides is 1. The molecule has 2 rings (SSSR count). The van der Waals surface area contributed by atoms with Crippen molar-refractivity contribution in [3.63, 3.8) is 0 Å². The molecule has 122 valence electrons. The maximum Gasteiger partial charge on any atom is 0.471 e. The Hall–Kier alpha value is -1.56. The Morgan fingerprint density at radius 2 is 2.00 bits per heavy atom. The van der Waals surface area contributed by atoms with Crippen molar-refractivity contribution >= 4 is 5.91 Å². The molecule has 0 spiro atoms. The SMILES string of the molecule is Cc1cccc(C2CC(NC(=O)C(F)(F)F)CNC2C)c1C. The lowest BCUT2D eigenvalue weighted by Gasteiger charge is -2.37. The van der Waals surface area contributed by atoms with Crippen molar-refractivity contribution < 1.29 is 18.0 Å². The first-order chi connectivity index (χ1) is 10.2. The van der Waals surface area contributed by atoms with Crippen molar-refractivity contribution in [2.75, 3.05) is 6.54 Å². The second-order valence-electron chi connectivity index (χ2n) is 6.00. The van der Waals surface area contributed by atoms with Gasteiger partial charge in [0.15, 0.2) is 0 Å². The van der Waals surface area contributed by atoms with Gasteiger partial charge in [0.05, 0.1) is 0 Å². The monoisotopic (exact) mass is 314 g/mol. The maximum absolute atomic E-state index is 12.4. The number of nitrogens with one attached hydrogen (secondary N) is 2. The molecule has 3 nitrogen and oxygen atoms in total. The summed E-state index contributed by atoms with van der Waals surface area (Å²) in [6.45, 7) is 6.41. The molecule has 1 amide bonds. The number of carbonyl (C=O) groups excluding carboxylic acids is 1. The van der Waals surface area contributed by atoms with E-state index in [1.165, 1.54) is 0 Å². The Balaban J connectivity index is 2.15. The van der Waals surface area contributed by atoms with Crippen LogP contribution in [0.2, 0.25) is 0 Å². The van der Waals surface area contributed by atoms with E-state index >= 15 is 0 Å². The molecule has 0 aromatic heterocycles. The Bertz CT molecular complexity index is 557. The maximum atomic E-state index is 12.4. The number of alkyl halides is 3. The van der Waals surface area contributed by atoms with Crippen LogP contribution in [0.4, 0.5) is 13.2 Å². The molecule has 3 atom stereocenters. The number of halogens is 3. The van der Waals surface area contributed by atoms with Crippen molar-refractivity contribution in [3.8, 4) is 0 Å². The van der Waals surface area contributed by atoms with Gasteiger partial charge in [-0.1, -0.05) is 18.2 Å². The molecule has 1 aliphatic heterocycles. The summed E-state index contributed by atoms with van der Waals surface area (Å²) in [6.07, 6.45) is -4.34. The molecule has 1 aliphatic rings. The summed E-state index contributed by atoms with van der Waals surface area (Å²) >= 11 is 0. The second kappa shape index (κ2) is 6.28. The van der Waals surface area contributed by atoms with Crippen LogP contribution in [0, 0.1) is 13.8 Å². The lowest BCUT2D eigenvalue weighted by Crippen LogP contribution is -2.54. The Morgan fingerprint density at radius 1 is 1.32 bits per heavy atom. The number of aryl methyl sites for hydroxylation is 1. The average molecular weight is 314 g/mol. The third-order valence-electron chi connectivity index (χ3n) is 4.47. The van der Waals surface area contributed by atoms with Gasteiger partial charge in [-0.25, -0.2) is 0 Å². The fraction of sp³-hybridized carbons (Fsp3) is 0.562. The molecule has 0 radical (unpaired) electrons. The Labute approximate surface area is 128 Å². The number of rotatable bonds is 2. The van der Waals surface area contributed by atoms with E-state index in [0.29, 0.717) is 13.0 Å². The fourth-order valence-electron chi connectivity index (χ4n) is 3.01. The van der Waals surface area contributed by atoms with Crippen LogP contribution in [0.15, 0.2) is 18.2 Å². The third-order valence-corrected chi connectivity index (χ3v) is 4.47. The van der Waals surface area contributed by atoms with Gasteiger partial charge in [-0.2, -0.15) is 13.2 Å². The van der Waals surface area contributed by atoms with E-state index in [1.54, 1.807) is 0 Å². The average Bonchev–Trinajstić information content (AvgIpc) is 2.43. The molecular weight excluding hydrogens is 293 g/mol. The van der Waals surface area contributed by atoms with Crippen molar-refractivity contribution in [2.45, 2.75) is 51.4 Å². The van der Waals surface area contributed by atoms with Crippen LogP contribution in [0.25, 0.3) is 0 Å². The van der Waals surface area contributed by atoms with Crippen LogP contribution in [-0.4, -0.2) is 30.7 Å². The minimum atomic E-state index is -4.84. The Morgan fingerprint density at radius 3 is 2.64 bits per heavy atom. The van der Waals surface area contributed by atoms with E-state index in [2.05, 4.69) is 10.6 Å². The molecule has 6 heteroatoms. The van der Waals surface area contributed by atoms with Crippen molar-refractivity contribution in [1.82, 2.24) is 10.6 Å². The molecule has 22 heavy (non-hydrogen) atoms. The van der Waals surface area contributed by atoms with Crippen LogP contribution >= 0.6 is 0 Å². The summed E-state index contributed by atoms with van der Waals surface area (Å²) < 4.78 is 37.2. The number of carbonyl (C=O) groups is 1. The van der Waals surface area contributed by atoms with E-state index in [-0.39, 0.29) is 12.0 Å². The van der Waals surface area contributed by atoms with Crippen LogP contribution in [-0.2, 0) is 4.79 Å². The zero-order valence-electron chi connectivity index (χ0n) is 12.9. The normalized spacial score (nSPS) is 25.8. The largest absolute Gasteiger partial charge is 0.471 e. The first-order valence-corrected chi connectivity index (χ1v) is 7.37. The van der Waals surface area contributed by atoms with Gasteiger partial charge in [0.1, 0.15) is 0 Å². The summed E-state index contributed by atoms with van der Waals surface area (Å²) in [5.74, 6) is -1.79. The molecule has 0 aliphatic carbocycles. The summed E-state index contributed by atoms with van der Waals surface area (Å²) in [5.41, 5.74) is 3.45. The van der Waals surface area contributed by atoms with Gasteiger partial charge in [-0.15, -0.1) is 0 Å². The smallest absolute Gasteiger partial charge is 0.344 e. The van der Waals surface area contributed by atoms with E-state index in [9.17, 15) is 18.0 Å². The molecule has 0 bridgehead atoms. The molecule has 1 aromatic rings. The highest BCUT2D eigenvalue weighted by Crippen LogP contribution is 2.31. The van der Waals surface area contributed by atoms with Crippen LogP contribution in [0.5, 0.6) is 0 Å². The zero-order chi connectivity index (χ0) is 16.5. The van der Waals surface area contributed by atoms with Crippen molar-refractivity contribution in [3.05, 3.63) is 34.9 Å². The molecule has 1 saturated heterocycles. The number of benzene rings is 1. The lowest BCUT2D eigenvalue weighted by atomic mass is 9.81. The number of hydrogen-bond acceptors (Lipinski definition) is 2. The molecule has 1 fully saturated rings. The van der Waals surface area contributed by atoms with E-state index < -0.39 is 18.1 Å². The minimum absolute atomic E-state index is 0.0761. The van der Waals surface area contributed by atoms with Crippen LogP contribution < -0.4 is 10.6 Å². The van der Waals surface area contributed by atoms with E-state index in [4.69, 9.17) is 0 Å². The topological polar surface area (TPSA) is 41.1 Å². The molecule has 2 N–H and O–H groups in total. The highest BCUT2D eigenvalue weighted by molar-refractivity contribution is 5.82. The number of piperidine rings is 1. The summed E-state index contributed by atoms with van der Waals surface area (Å²) in [6, 6.07) is 5.62. The fourth-order valence-corrected chi connectivity index (χ4v) is 3.01. The van der Waals surface area contributed by atoms with Gasteiger partial charge in [-0.3, -0.25) is 4.79 Å². The van der Waals surface area contributed by atoms with Crippen molar-refractivity contribution in [2.24, 2.45) is 0 Å². The molecular formula is C16H21F3N2O. The van der Waals surface area contributed by atoms with Gasteiger partial charge in [0.25, 0.3) is 0 Å². The number of hydrogen-bond donors (Lipinski definition) is 2. The van der Waals surface area contributed by atoms with Gasteiger partial charge in [-0.05, 0) is 43.9 Å². The lowest BCUT2D eigenvalue weighted by molar-refractivity contribution is -0.174. The minimum Gasteiger partial charge on any atom is -0.344 e. The summed E-state index contributed by atoms with van der Waals surface area (Å²) in [4.78, 5) is 11.1. The summed E-state index contributed by atoms with van der Waals surface area (Å²) in [5, 5.41) is 5.29. The van der Waals surface area contributed by atoms with E-state index in [0.717, 1.165) is 16.7 Å². The Kier molecular flexibility index (Phi) is 4.80. The molecule has 1 aromatic carbocycles. The first-order valence-electron chi connectivity index (χ1n) is 7.37. The van der Waals surface area contributed by atoms with Gasteiger partial charge < -0.3 is 10.6 Å². The quantitative estimate of drug-likeness (QED) is 0.881. The highest BCUT2D eigenvalue weighted by Gasteiger charge is 2.41. The predicted molar refractivity (Wildman–Crippen MR) is 78.7 cm³/mol.